The Morgan fingerprint density at radius 3 is 2.78 bits per heavy atom. The van der Waals surface area contributed by atoms with E-state index in [1.165, 1.54) is 12.4 Å². The third-order valence-electron chi connectivity index (χ3n) is 2.89. The lowest BCUT2D eigenvalue weighted by Gasteiger charge is -2.10. The molecule has 0 atom stereocenters. The normalized spacial score (nSPS) is 10.5. The largest absolute Gasteiger partial charge is 0.494 e. The smallest absolute Gasteiger partial charge is 0.272 e. The summed E-state index contributed by atoms with van der Waals surface area (Å²) in [7, 11) is 0. The van der Waals surface area contributed by atoms with Crippen molar-refractivity contribution in [3.8, 4) is 11.5 Å². The lowest BCUT2D eigenvalue weighted by Crippen LogP contribution is -2.17. The molecule has 1 heterocycles. The van der Waals surface area contributed by atoms with Crippen molar-refractivity contribution in [3.63, 3.8) is 0 Å². The minimum Gasteiger partial charge on any atom is -0.494 e. The average molecular weight is 313 g/mol. The van der Waals surface area contributed by atoms with Crippen molar-refractivity contribution in [2.24, 2.45) is 5.10 Å². The molecule has 120 valence electrons. The van der Waals surface area contributed by atoms with Gasteiger partial charge < -0.3 is 9.47 Å². The summed E-state index contributed by atoms with van der Waals surface area (Å²) in [5.41, 5.74) is 3.66. The molecule has 0 aliphatic carbocycles. The number of amides is 1. The molecule has 0 radical (unpaired) electrons. The number of carbonyl (C=O) groups is 1. The number of nitrogens with zero attached hydrogens (tertiary/aromatic N) is 2. The van der Waals surface area contributed by atoms with E-state index in [9.17, 15) is 4.79 Å². The van der Waals surface area contributed by atoms with Gasteiger partial charge in [-0.2, -0.15) is 5.10 Å². The van der Waals surface area contributed by atoms with Crippen molar-refractivity contribution in [1.29, 1.82) is 0 Å². The van der Waals surface area contributed by atoms with Crippen LogP contribution in [-0.2, 0) is 0 Å². The highest BCUT2D eigenvalue weighted by atomic mass is 16.5. The Kier molecular flexibility index (Phi) is 6.11. The van der Waals surface area contributed by atoms with E-state index < -0.39 is 0 Å². The first-order chi connectivity index (χ1) is 11.2. The van der Waals surface area contributed by atoms with Crippen molar-refractivity contribution in [3.05, 3.63) is 53.9 Å². The van der Waals surface area contributed by atoms with Crippen LogP contribution in [0.5, 0.6) is 11.5 Å². The van der Waals surface area contributed by atoms with Crippen LogP contribution >= 0.6 is 0 Å². The number of nitrogens with one attached hydrogen (secondary N) is 1. The van der Waals surface area contributed by atoms with Crippen molar-refractivity contribution >= 4 is 12.1 Å². The standard InChI is InChI=1S/C17H19N3O3/c1-3-22-15-8-7-13(16(10-15)23-4-2)12-19-20-17(21)14-6-5-9-18-11-14/h5-12H,3-4H2,1-2H3,(H,20,21)/b19-12-. The fourth-order valence-corrected chi connectivity index (χ4v) is 1.88. The molecule has 1 amide bonds. The van der Waals surface area contributed by atoms with Crippen molar-refractivity contribution in [1.82, 2.24) is 10.4 Å². The predicted octanol–water partition coefficient (Wildman–Crippen LogP) is 2.64. The van der Waals surface area contributed by atoms with Gasteiger partial charge >= 0.3 is 0 Å². The maximum Gasteiger partial charge on any atom is 0.272 e. The molecule has 0 unspecified atom stereocenters. The molecule has 6 heteroatoms. The second kappa shape index (κ2) is 8.53. The Morgan fingerprint density at radius 2 is 2.09 bits per heavy atom. The first-order valence-corrected chi connectivity index (χ1v) is 7.37. The molecule has 0 aliphatic heterocycles. The zero-order valence-corrected chi connectivity index (χ0v) is 13.2. The first kappa shape index (κ1) is 16.5. The van der Waals surface area contributed by atoms with Crippen molar-refractivity contribution < 1.29 is 14.3 Å². The Balaban J connectivity index is 2.07. The van der Waals surface area contributed by atoms with E-state index in [4.69, 9.17) is 9.47 Å². The summed E-state index contributed by atoms with van der Waals surface area (Å²) in [5, 5.41) is 3.96. The maximum absolute atomic E-state index is 11.9. The van der Waals surface area contributed by atoms with E-state index in [0.29, 0.717) is 24.5 Å². The number of benzene rings is 1. The van der Waals surface area contributed by atoms with Crippen LogP contribution in [0.4, 0.5) is 0 Å². The molecular weight excluding hydrogens is 294 g/mol. The molecule has 23 heavy (non-hydrogen) atoms. The van der Waals surface area contributed by atoms with Gasteiger partial charge in [-0.3, -0.25) is 9.78 Å². The van der Waals surface area contributed by atoms with Gasteiger partial charge in [0.25, 0.3) is 5.91 Å². The van der Waals surface area contributed by atoms with Crippen LogP contribution in [0.15, 0.2) is 47.8 Å². The number of hydrogen-bond acceptors (Lipinski definition) is 5. The number of aromatic nitrogens is 1. The van der Waals surface area contributed by atoms with Crippen molar-refractivity contribution in [2.75, 3.05) is 13.2 Å². The van der Waals surface area contributed by atoms with E-state index in [-0.39, 0.29) is 5.91 Å². The minimum absolute atomic E-state index is 0.321. The van der Waals surface area contributed by atoms with Crippen LogP contribution in [-0.4, -0.2) is 30.3 Å². The molecule has 2 rings (SSSR count). The summed E-state index contributed by atoms with van der Waals surface area (Å²) in [6.07, 6.45) is 4.62. The molecule has 1 aromatic carbocycles. The van der Waals surface area contributed by atoms with Crippen LogP contribution in [0.2, 0.25) is 0 Å². The molecule has 2 aromatic rings. The summed E-state index contributed by atoms with van der Waals surface area (Å²) in [6.45, 7) is 4.93. The Bertz CT molecular complexity index is 672. The van der Waals surface area contributed by atoms with E-state index in [2.05, 4.69) is 15.5 Å². The van der Waals surface area contributed by atoms with E-state index in [1.54, 1.807) is 24.4 Å². The molecular formula is C17H19N3O3. The lowest BCUT2D eigenvalue weighted by atomic mass is 10.2. The Hall–Kier alpha value is -2.89. The van der Waals surface area contributed by atoms with Crippen LogP contribution < -0.4 is 14.9 Å². The number of hydrogen-bond donors (Lipinski definition) is 1. The number of ether oxygens (including phenoxy) is 2. The number of rotatable bonds is 7. The summed E-state index contributed by atoms with van der Waals surface area (Å²) in [5.74, 6) is 1.06. The van der Waals surface area contributed by atoms with Crippen molar-refractivity contribution in [2.45, 2.75) is 13.8 Å². The highest BCUT2D eigenvalue weighted by molar-refractivity contribution is 5.94. The SMILES string of the molecule is CCOc1ccc(/C=N\NC(=O)c2cccnc2)c(OCC)c1. The molecule has 0 saturated heterocycles. The Morgan fingerprint density at radius 1 is 1.26 bits per heavy atom. The summed E-state index contributed by atoms with van der Waals surface area (Å²) >= 11 is 0. The third kappa shape index (κ3) is 4.81. The molecule has 1 N–H and O–H groups in total. The fourth-order valence-electron chi connectivity index (χ4n) is 1.88. The van der Waals surface area contributed by atoms with Crippen LogP contribution in [0.1, 0.15) is 29.8 Å². The second-order valence-corrected chi connectivity index (χ2v) is 4.51. The number of pyridine rings is 1. The summed E-state index contributed by atoms with van der Waals surface area (Å²) < 4.78 is 11.0. The van der Waals surface area contributed by atoms with Gasteiger partial charge in [0.15, 0.2) is 0 Å². The molecule has 6 nitrogen and oxygen atoms in total. The fraction of sp³-hybridized carbons (Fsp3) is 0.235. The zero-order chi connectivity index (χ0) is 16.5. The third-order valence-corrected chi connectivity index (χ3v) is 2.89. The highest BCUT2D eigenvalue weighted by Crippen LogP contribution is 2.23. The molecule has 1 aromatic heterocycles. The van der Waals surface area contributed by atoms with Gasteiger partial charge in [-0.15, -0.1) is 0 Å². The van der Waals surface area contributed by atoms with E-state index in [0.717, 1.165) is 11.3 Å². The predicted molar refractivity (Wildman–Crippen MR) is 88.1 cm³/mol. The van der Waals surface area contributed by atoms with Gasteiger partial charge in [0, 0.05) is 24.0 Å². The molecule has 0 spiro atoms. The molecule has 0 bridgehead atoms. The van der Waals surface area contributed by atoms with Gasteiger partial charge in [-0.05, 0) is 38.1 Å². The zero-order valence-electron chi connectivity index (χ0n) is 13.2. The summed E-state index contributed by atoms with van der Waals surface area (Å²) in [4.78, 5) is 15.8. The van der Waals surface area contributed by atoms with Gasteiger partial charge in [0.05, 0.1) is 25.0 Å². The van der Waals surface area contributed by atoms with Crippen LogP contribution in [0.3, 0.4) is 0 Å². The average Bonchev–Trinajstić information content (AvgIpc) is 2.58. The van der Waals surface area contributed by atoms with Gasteiger partial charge in [-0.25, -0.2) is 5.43 Å². The topological polar surface area (TPSA) is 72.8 Å². The van der Waals surface area contributed by atoms with Crippen LogP contribution in [0, 0.1) is 0 Å². The number of carbonyl (C=O) groups excluding carboxylic acids is 1. The van der Waals surface area contributed by atoms with Crippen LogP contribution in [0.25, 0.3) is 0 Å². The summed E-state index contributed by atoms with van der Waals surface area (Å²) in [6, 6.07) is 8.82. The second-order valence-electron chi connectivity index (χ2n) is 4.51. The maximum atomic E-state index is 11.9. The van der Waals surface area contributed by atoms with Gasteiger partial charge in [0.2, 0.25) is 0 Å². The van der Waals surface area contributed by atoms with Gasteiger partial charge in [0.1, 0.15) is 11.5 Å². The first-order valence-electron chi connectivity index (χ1n) is 7.37. The highest BCUT2D eigenvalue weighted by Gasteiger charge is 2.05. The number of hydrazone groups is 1. The molecule has 0 aliphatic rings. The van der Waals surface area contributed by atoms with E-state index in [1.807, 2.05) is 26.0 Å². The molecule has 0 saturated carbocycles. The lowest BCUT2D eigenvalue weighted by molar-refractivity contribution is 0.0954. The Labute approximate surface area is 135 Å². The van der Waals surface area contributed by atoms with Gasteiger partial charge in [-0.1, -0.05) is 0 Å². The quantitative estimate of drug-likeness (QED) is 0.630. The minimum atomic E-state index is -0.321. The van der Waals surface area contributed by atoms with E-state index >= 15 is 0 Å². The monoisotopic (exact) mass is 313 g/mol. The molecule has 0 fully saturated rings.